The van der Waals surface area contributed by atoms with Crippen molar-refractivity contribution in [3.8, 4) is 22.3 Å². The van der Waals surface area contributed by atoms with Crippen molar-refractivity contribution < 1.29 is 41.4 Å². The van der Waals surface area contributed by atoms with E-state index in [1.807, 2.05) is 11.1 Å². The van der Waals surface area contributed by atoms with Gasteiger partial charge in [-0.25, -0.2) is 0 Å². The molecule has 4 aliphatic carbocycles. The predicted molar refractivity (Wildman–Crippen MR) is 218 cm³/mol. The van der Waals surface area contributed by atoms with E-state index >= 15 is 0 Å². The summed E-state index contributed by atoms with van der Waals surface area (Å²) in [4.78, 5) is 0. The van der Waals surface area contributed by atoms with Crippen LogP contribution in [0.25, 0.3) is 56.0 Å². The number of fused-ring (bicyclic) bond motifs is 4. The number of hydrogen-bond donors (Lipinski definition) is 0. The Morgan fingerprint density at radius 2 is 0.778 bits per heavy atom. The Kier molecular flexibility index (Phi) is 9.81. The molecule has 11 rings (SSSR count). The fourth-order valence-electron chi connectivity index (χ4n) is 12.1. The SMILES string of the molecule is C1=C(C2CCCC2)[CH]([Ti+2]2([CH]3C(C4CCCC4)=Cc4c(-c5cccc6ccccc56)cccc43)[CH2]C[CH2]2)c2cccc(-c3cccc4ccccc34)c21.[Cl-].[Cl-]. The third-order valence-electron chi connectivity index (χ3n) is 14.4. The molecule has 270 valence electrons. The molecule has 2 saturated carbocycles. The maximum absolute atomic E-state index is 2.79. The minimum Gasteiger partial charge on any atom is -1.00 e. The Hall–Kier alpha value is -3.39. The van der Waals surface area contributed by atoms with Gasteiger partial charge >= 0.3 is 315 Å². The van der Waals surface area contributed by atoms with Crippen molar-refractivity contribution in [1.29, 1.82) is 0 Å². The van der Waals surface area contributed by atoms with Gasteiger partial charge < -0.3 is 24.8 Å². The van der Waals surface area contributed by atoms with E-state index < -0.39 is 16.6 Å². The standard InChI is InChI=1S/2C24H21.C3H6.2ClH.Ti/c2*1-2-8-17(7-1)20-15-19-11-6-14-23(24(19)16-20)22-13-5-10-18-9-3-4-12-21(18)22;1-3-2;;;/h2*3-6,9-17H,1-2,7-8H2;1-3H2;2*1H;/q;;;;;+2/p-2. The monoisotopic (exact) mass is 778 g/mol. The van der Waals surface area contributed by atoms with Crippen molar-refractivity contribution in [2.24, 2.45) is 11.8 Å². The number of hydrogen-bond acceptors (Lipinski definition) is 0. The maximum atomic E-state index is 2.79. The molecule has 0 bridgehead atoms. The molecule has 0 amide bonds. The van der Waals surface area contributed by atoms with Crippen LogP contribution in [0.1, 0.15) is 88.5 Å². The predicted octanol–water partition coefficient (Wildman–Crippen LogP) is 8.69. The second kappa shape index (κ2) is 14.6. The molecule has 54 heavy (non-hydrogen) atoms. The van der Waals surface area contributed by atoms with Crippen molar-refractivity contribution in [2.45, 2.75) is 75.7 Å². The summed E-state index contributed by atoms with van der Waals surface area (Å²) in [7, 11) is 0. The third kappa shape index (κ3) is 5.57. The van der Waals surface area contributed by atoms with Gasteiger partial charge in [-0.15, -0.1) is 0 Å². The Labute approximate surface area is 337 Å². The van der Waals surface area contributed by atoms with Crippen LogP contribution < -0.4 is 24.8 Å². The first-order chi connectivity index (χ1) is 25.8. The molecule has 0 spiro atoms. The second-order valence-corrected chi connectivity index (χ2v) is 24.1. The summed E-state index contributed by atoms with van der Waals surface area (Å²) < 4.78 is 4.37. The molecule has 1 saturated heterocycles. The Balaban J connectivity index is 0.00000192. The van der Waals surface area contributed by atoms with Gasteiger partial charge in [-0.2, -0.15) is 0 Å². The molecule has 5 aliphatic rings. The summed E-state index contributed by atoms with van der Waals surface area (Å²) in [5.41, 5.74) is 16.0. The largest absolute Gasteiger partial charge is 1.00 e. The fourth-order valence-corrected chi connectivity index (χ4v) is 22.0. The third-order valence-corrected chi connectivity index (χ3v) is 24.1. The van der Waals surface area contributed by atoms with Gasteiger partial charge in [0, 0.05) is 0 Å². The van der Waals surface area contributed by atoms with E-state index in [9.17, 15) is 0 Å². The van der Waals surface area contributed by atoms with E-state index in [-0.39, 0.29) is 24.8 Å². The molecule has 3 fully saturated rings. The second-order valence-electron chi connectivity index (χ2n) is 16.9. The van der Waals surface area contributed by atoms with Crippen LogP contribution in [-0.2, 0) is 16.6 Å². The minimum absolute atomic E-state index is 0. The molecule has 0 N–H and O–H groups in total. The van der Waals surface area contributed by atoms with E-state index in [0.717, 1.165) is 11.8 Å². The average molecular weight is 780 g/mol. The van der Waals surface area contributed by atoms with E-state index in [1.165, 1.54) is 111 Å². The van der Waals surface area contributed by atoms with Crippen molar-refractivity contribution in [1.82, 2.24) is 0 Å². The summed E-state index contributed by atoms with van der Waals surface area (Å²) in [5, 5.41) is 5.46. The quantitative estimate of drug-likeness (QED) is 0.149. The zero-order valence-electron chi connectivity index (χ0n) is 31.0. The van der Waals surface area contributed by atoms with Gasteiger partial charge in [0.25, 0.3) is 0 Å². The van der Waals surface area contributed by atoms with Crippen LogP contribution in [0.2, 0.25) is 9.45 Å². The van der Waals surface area contributed by atoms with Crippen molar-refractivity contribution in [3.63, 3.8) is 0 Å². The number of benzene rings is 6. The molecule has 2 unspecified atom stereocenters. The van der Waals surface area contributed by atoms with E-state index in [1.54, 1.807) is 22.3 Å². The van der Waals surface area contributed by atoms with Gasteiger partial charge in [0.2, 0.25) is 0 Å². The minimum atomic E-state index is -2.68. The van der Waals surface area contributed by atoms with Crippen LogP contribution in [0.3, 0.4) is 0 Å². The van der Waals surface area contributed by atoms with Gasteiger partial charge in [0.15, 0.2) is 0 Å². The zero-order valence-corrected chi connectivity index (χ0v) is 34.1. The number of allylic oxidation sites excluding steroid dienone is 2. The molecule has 0 nitrogen and oxygen atoms in total. The zero-order chi connectivity index (χ0) is 34.2. The van der Waals surface area contributed by atoms with Crippen LogP contribution in [0, 0.1) is 11.8 Å². The van der Waals surface area contributed by atoms with Crippen LogP contribution >= 0.6 is 0 Å². The molecule has 1 heterocycles. The molecule has 2 atom stereocenters. The Morgan fingerprint density at radius 3 is 1.20 bits per heavy atom. The fraction of sp³-hybridized carbons (Fsp3) is 0.294. The van der Waals surface area contributed by atoms with Crippen molar-refractivity contribution in [3.05, 3.63) is 155 Å². The first kappa shape index (κ1) is 36.3. The number of rotatable bonds is 6. The van der Waals surface area contributed by atoms with Crippen LogP contribution in [-0.4, -0.2) is 0 Å². The molecule has 0 aromatic heterocycles. The van der Waals surface area contributed by atoms with Crippen LogP contribution in [0.15, 0.2) is 132 Å². The molecule has 0 radical (unpaired) electrons. The van der Waals surface area contributed by atoms with Gasteiger partial charge in [-0.1, -0.05) is 0 Å². The Bertz CT molecular complexity index is 2260. The Morgan fingerprint density at radius 1 is 0.389 bits per heavy atom. The topological polar surface area (TPSA) is 0 Å². The molecule has 6 aromatic rings. The summed E-state index contributed by atoms with van der Waals surface area (Å²) in [6, 6.07) is 46.9. The van der Waals surface area contributed by atoms with E-state index in [0.29, 0.717) is 8.45 Å². The molecule has 1 aliphatic heterocycles. The van der Waals surface area contributed by atoms with E-state index in [4.69, 9.17) is 0 Å². The molecular formula is C51H48Cl2Ti. The van der Waals surface area contributed by atoms with Gasteiger partial charge in [0.1, 0.15) is 0 Å². The van der Waals surface area contributed by atoms with Gasteiger partial charge in [0.05, 0.1) is 0 Å². The molecular weight excluding hydrogens is 731 g/mol. The number of halogens is 2. The maximum Gasteiger partial charge on any atom is -1.00 e. The molecule has 3 heteroatoms. The summed E-state index contributed by atoms with van der Waals surface area (Å²) in [5.74, 6) is 1.50. The summed E-state index contributed by atoms with van der Waals surface area (Å²) in [6.07, 6.45) is 18.1. The first-order valence-electron chi connectivity index (χ1n) is 20.4. The van der Waals surface area contributed by atoms with Gasteiger partial charge in [-0.05, 0) is 0 Å². The normalized spacial score (nSPS) is 21.0. The molecule has 6 aromatic carbocycles. The van der Waals surface area contributed by atoms with E-state index in [2.05, 4.69) is 133 Å². The van der Waals surface area contributed by atoms with Crippen molar-refractivity contribution in [2.75, 3.05) is 0 Å². The first-order valence-corrected chi connectivity index (χ1v) is 24.4. The van der Waals surface area contributed by atoms with Crippen molar-refractivity contribution >= 4 is 33.7 Å². The summed E-state index contributed by atoms with van der Waals surface area (Å²) >= 11 is -2.68. The average Bonchev–Trinajstić information content (AvgIpc) is 4.01. The smallest absolute Gasteiger partial charge is 1.00 e. The van der Waals surface area contributed by atoms with Gasteiger partial charge in [-0.3, -0.25) is 0 Å². The summed E-state index contributed by atoms with van der Waals surface area (Å²) in [6.45, 7) is 0. The van der Waals surface area contributed by atoms with Crippen LogP contribution in [0.4, 0.5) is 0 Å². The van der Waals surface area contributed by atoms with Crippen LogP contribution in [0.5, 0.6) is 0 Å².